The molecular formula is C20H31NOSi. The molecule has 1 fully saturated rings. The Labute approximate surface area is 142 Å². The first kappa shape index (κ1) is 18.0. The van der Waals surface area contributed by atoms with Gasteiger partial charge in [0, 0.05) is 12.1 Å². The second-order valence-electron chi connectivity index (χ2n) is 7.70. The van der Waals surface area contributed by atoms with E-state index < -0.39 is 8.07 Å². The van der Waals surface area contributed by atoms with Gasteiger partial charge >= 0.3 is 0 Å². The van der Waals surface area contributed by atoms with Crippen LogP contribution in [0.25, 0.3) is 0 Å². The fourth-order valence-electron chi connectivity index (χ4n) is 3.41. The Balaban J connectivity index is 2.04. The minimum absolute atomic E-state index is 0.261. The molecule has 1 amide bonds. The Bertz CT molecular complexity index is 545. The predicted octanol–water partition coefficient (Wildman–Crippen LogP) is 5.17. The van der Waals surface area contributed by atoms with Crippen molar-refractivity contribution in [2.75, 3.05) is 0 Å². The summed E-state index contributed by atoms with van der Waals surface area (Å²) in [7, 11) is -1.43. The van der Waals surface area contributed by atoms with Crippen molar-refractivity contribution in [3.8, 4) is 0 Å². The third-order valence-corrected chi connectivity index (χ3v) is 6.82. The average molecular weight is 330 g/mol. The molecule has 0 spiro atoms. The Morgan fingerprint density at radius 3 is 2.39 bits per heavy atom. The maximum absolute atomic E-state index is 12.6. The van der Waals surface area contributed by atoms with Gasteiger partial charge in [-0.1, -0.05) is 82.2 Å². The summed E-state index contributed by atoms with van der Waals surface area (Å²) in [6, 6.07) is 10.3. The lowest BCUT2D eigenvalue weighted by atomic mass is 10.0. The molecule has 126 valence electrons. The smallest absolute Gasteiger partial charge is 0.251 e. The van der Waals surface area contributed by atoms with E-state index in [1.54, 1.807) is 0 Å². The van der Waals surface area contributed by atoms with Crippen LogP contribution in [0.4, 0.5) is 0 Å². The van der Waals surface area contributed by atoms with E-state index in [-0.39, 0.29) is 5.91 Å². The van der Waals surface area contributed by atoms with Crippen molar-refractivity contribution in [1.82, 2.24) is 4.90 Å². The first-order valence-electron chi connectivity index (χ1n) is 9.00. The highest BCUT2D eigenvalue weighted by atomic mass is 28.3. The molecule has 0 saturated carbocycles. The minimum atomic E-state index is -1.43. The number of β-lactam (4-membered cyclic amide) rings is 1. The monoisotopic (exact) mass is 329 g/mol. The third kappa shape index (κ3) is 4.57. The molecule has 0 aromatic heterocycles. The molecule has 1 saturated heterocycles. The number of benzene rings is 1. The summed E-state index contributed by atoms with van der Waals surface area (Å²) in [5.74, 6) is 0.261. The molecule has 1 atom stereocenters. The average Bonchev–Trinajstić information content (AvgIpc) is 2.51. The number of hydrogen-bond acceptors (Lipinski definition) is 1. The van der Waals surface area contributed by atoms with Crippen LogP contribution < -0.4 is 0 Å². The molecule has 1 heterocycles. The summed E-state index contributed by atoms with van der Waals surface area (Å²) in [5.41, 5.74) is 2.70. The summed E-state index contributed by atoms with van der Waals surface area (Å²) in [6.45, 7) is 10.1. The highest BCUT2D eigenvalue weighted by Gasteiger charge is 2.48. The summed E-state index contributed by atoms with van der Waals surface area (Å²) >= 11 is 0. The quantitative estimate of drug-likeness (QED) is 0.279. The Hall–Kier alpha value is -1.35. The number of allylic oxidation sites excluding steroid dienone is 1. The van der Waals surface area contributed by atoms with Gasteiger partial charge in [0.25, 0.3) is 5.91 Å². The van der Waals surface area contributed by atoms with E-state index >= 15 is 0 Å². The zero-order chi connectivity index (χ0) is 16.9. The predicted molar refractivity (Wildman–Crippen MR) is 101 cm³/mol. The molecule has 23 heavy (non-hydrogen) atoms. The lowest BCUT2D eigenvalue weighted by Gasteiger charge is -2.49. The van der Waals surface area contributed by atoms with Crippen molar-refractivity contribution in [3.05, 3.63) is 47.5 Å². The van der Waals surface area contributed by atoms with E-state index in [1.165, 1.54) is 31.2 Å². The zero-order valence-electron chi connectivity index (χ0n) is 15.1. The van der Waals surface area contributed by atoms with Crippen LogP contribution in [0, 0.1) is 0 Å². The maximum atomic E-state index is 12.6. The number of hydrogen-bond donors (Lipinski definition) is 0. The van der Waals surface area contributed by atoms with E-state index in [0.717, 1.165) is 18.5 Å². The molecule has 2 rings (SSSR count). The van der Waals surface area contributed by atoms with Crippen molar-refractivity contribution in [3.63, 3.8) is 0 Å². The zero-order valence-corrected chi connectivity index (χ0v) is 16.1. The van der Waals surface area contributed by atoms with Crippen LogP contribution in [-0.4, -0.2) is 24.5 Å². The molecule has 1 aliphatic rings. The first-order valence-corrected chi connectivity index (χ1v) is 12.6. The number of likely N-dealkylation sites (tertiary alicyclic amines) is 1. The Morgan fingerprint density at radius 2 is 1.78 bits per heavy atom. The standard InChI is InChI=1S/C20H31NOSi/c1-5-6-7-8-12-15-18-19(22)21(20(18)23(2,3)4)16-17-13-10-9-11-14-17/h9-11,13-15,20H,5-8,12,16H2,1-4H3/b18-15-. The van der Waals surface area contributed by atoms with Gasteiger partial charge < -0.3 is 4.90 Å². The summed E-state index contributed by atoms with van der Waals surface area (Å²) < 4.78 is 0. The molecule has 0 bridgehead atoms. The van der Waals surface area contributed by atoms with Crippen molar-refractivity contribution in [2.24, 2.45) is 0 Å². The SMILES string of the molecule is CCCCCC/C=C1/C(=O)N(Cc2ccccc2)C1[Si](C)(C)C. The second kappa shape index (κ2) is 7.96. The largest absolute Gasteiger partial charge is 0.330 e. The van der Waals surface area contributed by atoms with E-state index in [4.69, 9.17) is 0 Å². The lowest BCUT2D eigenvalue weighted by Crippen LogP contribution is -2.64. The van der Waals surface area contributed by atoms with Gasteiger partial charge in [0.1, 0.15) is 0 Å². The fraction of sp³-hybridized carbons (Fsp3) is 0.550. The number of carbonyl (C=O) groups excluding carboxylic acids is 1. The number of unbranched alkanes of at least 4 members (excludes halogenated alkanes) is 4. The van der Waals surface area contributed by atoms with Gasteiger partial charge in [0.2, 0.25) is 0 Å². The van der Waals surface area contributed by atoms with Crippen LogP contribution in [0.1, 0.15) is 44.6 Å². The molecule has 1 aliphatic heterocycles. The molecule has 3 heteroatoms. The lowest BCUT2D eigenvalue weighted by molar-refractivity contribution is -0.135. The van der Waals surface area contributed by atoms with Crippen molar-refractivity contribution < 1.29 is 4.79 Å². The molecule has 1 aromatic rings. The summed E-state index contributed by atoms with van der Waals surface area (Å²) in [4.78, 5) is 14.7. The van der Waals surface area contributed by atoms with Crippen LogP contribution in [0.15, 0.2) is 42.0 Å². The maximum Gasteiger partial charge on any atom is 0.251 e. The molecule has 2 nitrogen and oxygen atoms in total. The molecule has 1 aromatic carbocycles. The van der Waals surface area contributed by atoms with Gasteiger partial charge in [-0.05, 0) is 18.4 Å². The van der Waals surface area contributed by atoms with Gasteiger partial charge in [0.05, 0.1) is 13.7 Å². The van der Waals surface area contributed by atoms with Crippen molar-refractivity contribution in [2.45, 2.75) is 70.9 Å². The first-order chi connectivity index (χ1) is 10.9. The van der Waals surface area contributed by atoms with Gasteiger partial charge in [0.15, 0.2) is 0 Å². The third-order valence-electron chi connectivity index (χ3n) is 4.55. The topological polar surface area (TPSA) is 20.3 Å². The van der Waals surface area contributed by atoms with Gasteiger partial charge in [-0.2, -0.15) is 0 Å². The Morgan fingerprint density at radius 1 is 1.09 bits per heavy atom. The number of nitrogens with zero attached hydrogens (tertiary/aromatic N) is 1. The van der Waals surface area contributed by atoms with Crippen molar-refractivity contribution >= 4 is 14.0 Å². The van der Waals surface area contributed by atoms with E-state index in [9.17, 15) is 4.79 Å². The molecule has 0 N–H and O–H groups in total. The minimum Gasteiger partial charge on any atom is -0.330 e. The number of carbonyl (C=O) groups is 1. The molecular weight excluding hydrogens is 298 g/mol. The number of amides is 1. The molecule has 0 aliphatic carbocycles. The fourth-order valence-corrected chi connectivity index (χ4v) is 5.72. The highest BCUT2D eigenvalue weighted by Crippen LogP contribution is 2.35. The van der Waals surface area contributed by atoms with Crippen molar-refractivity contribution in [1.29, 1.82) is 0 Å². The number of rotatable bonds is 8. The molecule has 0 radical (unpaired) electrons. The van der Waals surface area contributed by atoms with Gasteiger partial charge in [-0.25, -0.2) is 0 Å². The van der Waals surface area contributed by atoms with Gasteiger partial charge in [-0.15, -0.1) is 0 Å². The highest BCUT2D eigenvalue weighted by molar-refractivity contribution is 6.79. The second-order valence-corrected chi connectivity index (χ2v) is 13.0. The van der Waals surface area contributed by atoms with Crippen LogP contribution in [-0.2, 0) is 11.3 Å². The summed E-state index contributed by atoms with van der Waals surface area (Å²) in [6.07, 6.45) is 8.34. The van der Waals surface area contributed by atoms with Gasteiger partial charge in [-0.3, -0.25) is 4.79 Å². The van der Waals surface area contributed by atoms with E-state index in [1.807, 2.05) is 18.2 Å². The Kier molecular flexibility index (Phi) is 6.23. The normalized spacial score (nSPS) is 20.0. The van der Waals surface area contributed by atoms with Crippen LogP contribution in [0.2, 0.25) is 19.6 Å². The van der Waals surface area contributed by atoms with E-state index in [0.29, 0.717) is 5.67 Å². The van der Waals surface area contributed by atoms with Crippen LogP contribution in [0.3, 0.4) is 0 Å². The van der Waals surface area contributed by atoms with Crippen LogP contribution in [0.5, 0.6) is 0 Å². The molecule has 1 unspecified atom stereocenters. The summed E-state index contributed by atoms with van der Waals surface area (Å²) in [5, 5.41) is 0. The van der Waals surface area contributed by atoms with E-state index in [2.05, 4.69) is 49.7 Å². The van der Waals surface area contributed by atoms with Crippen LogP contribution >= 0.6 is 0 Å².